The van der Waals surface area contributed by atoms with Crippen molar-refractivity contribution in [2.75, 3.05) is 19.6 Å². The van der Waals surface area contributed by atoms with Crippen molar-refractivity contribution < 1.29 is 0 Å². The van der Waals surface area contributed by atoms with E-state index in [-0.39, 0.29) is 6.04 Å². The molecule has 0 aliphatic carbocycles. The third-order valence-corrected chi connectivity index (χ3v) is 4.84. The predicted octanol–water partition coefficient (Wildman–Crippen LogP) is 4.08. The van der Waals surface area contributed by atoms with Crippen LogP contribution < -0.4 is 5.73 Å². The first-order chi connectivity index (χ1) is 9.01. The van der Waals surface area contributed by atoms with Gasteiger partial charge in [0.25, 0.3) is 0 Å². The Hall–Kier alpha value is -0.0900. The van der Waals surface area contributed by atoms with Gasteiger partial charge in [0.15, 0.2) is 0 Å². The van der Waals surface area contributed by atoms with Gasteiger partial charge in [-0.2, -0.15) is 0 Å². The van der Waals surface area contributed by atoms with Crippen LogP contribution in [0.3, 0.4) is 0 Å². The van der Waals surface area contributed by atoms with Crippen LogP contribution in [0.5, 0.6) is 0 Å². The third kappa shape index (κ3) is 3.72. The van der Waals surface area contributed by atoms with Gasteiger partial charge in [0, 0.05) is 35.2 Å². The fraction of sp³-hybridized carbons (Fsp3) is 0.600. The fourth-order valence-electron chi connectivity index (χ4n) is 3.21. The molecule has 1 aliphatic rings. The SMILES string of the molecule is CC1CC(C)CN(C(CN)c2cc(Cl)ccc2Br)C1. The van der Waals surface area contributed by atoms with Crippen LogP contribution in [0.1, 0.15) is 31.9 Å². The van der Waals surface area contributed by atoms with E-state index in [1.807, 2.05) is 18.2 Å². The van der Waals surface area contributed by atoms with Crippen LogP contribution in [0.4, 0.5) is 0 Å². The van der Waals surface area contributed by atoms with E-state index in [1.54, 1.807) is 0 Å². The maximum Gasteiger partial charge on any atom is 0.0482 e. The molecule has 1 aromatic carbocycles. The van der Waals surface area contributed by atoms with Crippen LogP contribution >= 0.6 is 27.5 Å². The molecule has 19 heavy (non-hydrogen) atoms. The van der Waals surface area contributed by atoms with Gasteiger partial charge in [-0.15, -0.1) is 0 Å². The topological polar surface area (TPSA) is 29.3 Å². The first-order valence-electron chi connectivity index (χ1n) is 6.90. The Morgan fingerprint density at radius 3 is 2.58 bits per heavy atom. The van der Waals surface area contributed by atoms with Gasteiger partial charge in [0.2, 0.25) is 0 Å². The van der Waals surface area contributed by atoms with Gasteiger partial charge in [-0.25, -0.2) is 0 Å². The van der Waals surface area contributed by atoms with Crippen LogP contribution in [0.15, 0.2) is 22.7 Å². The lowest BCUT2D eigenvalue weighted by Gasteiger charge is -2.40. The highest BCUT2D eigenvalue weighted by Crippen LogP contribution is 2.33. The minimum Gasteiger partial charge on any atom is -0.329 e. The van der Waals surface area contributed by atoms with Gasteiger partial charge in [0.1, 0.15) is 0 Å². The van der Waals surface area contributed by atoms with Crippen molar-refractivity contribution in [2.24, 2.45) is 17.6 Å². The lowest BCUT2D eigenvalue weighted by atomic mass is 9.89. The van der Waals surface area contributed by atoms with E-state index in [2.05, 4.69) is 34.7 Å². The van der Waals surface area contributed by atoms with E-state index in [9.17, 15) is 0 Å². The zero-order chi connectivity index (χ0) is 14.0. The Kier molecular flexibility index (Phi) is 5.29. The molecular formula is C15H22BrClN2. The molecule has 3 atom stereocenters. The van der Waals surface area contributed by atoms with Crippen molar-refractivity contribution in [3.05, 3.63) is 33.3 Å². The Bertz CT molecular complexity index is 428. The second-order valence-corrected chi connectivity index (χ2v) is 7.11. The van der Waals surface area contributed by atoms with Crippen molar-refractivity contribution in [2.45, 2.75) is 26.3 Å². The predicted molar refractivity (Wildman–Crippen MR) is 85.5 cm³/mol. The number of halogens is 2. The number of benzene rings is 1. The number of likely N-dealkylation sites (tertiary alicyclic amines) is 1. The number of piperidine rings is 1. The van der Waals surface area contributed by atoms with E-state index in [0.717, 1.165) is 34.4 Å². The Labute approximate surface area is 129 Å². The molecule has 2 rings (SSSR count). The number of rotatable bonds is 3. The second-order valence-electron chi connectivity index (χ2n) is 5.82. The molecule has 0 radical (unpaired) electrons. The molecule has 106 valence electrons. The van der Waals surface area contributed by atoms with E-state index in [4.69, 9.17) is 17.3 Å². The molecule has 3 unspecified atom stereocenters. The van der Waals surface area contributed by atoms with Crippen molar-refractivity contribution in [1.29, 1.82) is 0 Å². The highest BCUT2D eigenvalue weighted by atomic mass is 79.9. The summed E-state index contributed by atoms with van der Waals surface area (Å²) < 4.78 is 1.10. The summed E-state index contributed by atoms with van der Waals surface area (Å²) in [6.07, 6.45) is 1.31. The van der Waals surface area contributed by atoms with E-state index >= 15 is 0 Å². The minimum absolute atomic E-state index is 0.248. The Morgan fingerprint density at radius 2 is 2.00 bits per heavy atom. The standard InChI is InChI=1S/C15H22BrClN2/c1-10-5-11(2)9-19(8-10)15(7-18)13-6-12(17)3-4-14(13)16/h3-4,6,10-11,15H,5,7-9,18H2,1-2H3. The third-order valence-electron chi connectivity index (χ3n) is 3.88. The first-order valence-corrected chi connectivity index (χ1v) is 8.07. The summed E-state index contributed by atoms with van der Waals surface area (Å²) in [5.41, 5.74) is 7.24. The van der Waals surface area contributed by atoms with Gasteiger partial charge in [-0.05, 0) is 42.0 Å². The largest absolute Gasteiger partial charge is 0.329 e. The van der Waals surface area contributed by atoms with Crippen LogP contribution in [-0.4, -0.2) is 24.5 Å². The first kappa shape index (κ1) is 15.3. The summed E-state index contributed by atoms with van der Waals surface area (Å²) in [5.74, 6) is 1.46. The number of hydrogen-bond acceptors (Lipinski definition) is 2. The molecule has 1 aromatic rings. The average molecular weight is 346 g/mol. The Balaban J connectivity index is 2.26. The molecule has 2 N–H and O–H groups in total. The highest BCUT2D eigenvalue weighted by Gasteiger charge is 2.28. The summed E-state index contributed by atoms with van der Waals surface area (Å²) in [6, 6.07) is 6.20. The number of nitrogens with zero attached hydrogens (tertiary/aromatic N) is 1. The molecule has 1 heterocycles. The van der Waals surface area contributed by atoms with E-state index in [1.165, 1.54) is 12.0 Å². The molecule has 1 fully saturated rings. The van der Waals surface area contributed by atoms with Gasteiger partial charge < -0.3 is 5.73 Å². The van der Waals surface area contributed by atoms with Crippen molar-refractivity contribution in [1.82, 2.24) is 4.90 Å². The van der Waals surface area contributed by atoms with Crippen molar-refractivity contribution in [3.8, 4) is 0 Å². The average Bonchev–Trinajstić information content (AvgIpc) is 2.33. The van der Waals surface area contributed by atoms with Gasteiger partial charge in [-0.3, -0.25) is 4.90 Å². The van der Waals surface area contributed by atoms with Crippen LogP contribution in [0, 0.1) is 11.8 Å². The van der Waals surface area contributed by atoms with Crippen LogP contribution in [-0.2, 0) is 0 Å². The zero-order valence-electron chi connectivity index (χ0n) is 11.6. The van der Waals surface area contributed by atoms with Gasteiger partial charge >= 0.3 is 0 Å². The summed E-state index contributed by atoms with van der Waals surface area (Å²) in [7, 11) is 0. The normalized spacial score (nSPS) is 26.4. The van der Waals surface area contributed by atoms with E-state index in [0.29, 0.717) is 6.54 Å². The summed E-state index contributed by atoms with van der Waals surface area (Å²) >= 11 is 9.76. The lowest BCUT2D eigenvalue weighted by Crippen LogP contribution is -2.43. The molecule has 0 saturated carbocycles. The quantitative estimate of drug-likeness (QED) is 0.894. The van der Waals surface area contributed by atoms with Gasteiger partial charge in [0.05, 0.1) is 0 Å². The number of hydrogen-bond donors (Lipinski definition) is 1. The Morgan fingerprint density at radius 1 is 1.37 bits per heavy atom. The molecule has 1 aliphatic heterocycles. The van der Waals surface area contributed by atoms with Crippen molar-refractivity contribution in [3.63, 3.8) is 0 Å². The molecule has 0 bridgehead atoms. The molecular weight excluding hydrogens is 324 g/mol. The molecule has 1 saturated heterocycles. The molecule has 0 amide bonds. The monoisotopic (exact) mass is 344 g/mol. The molecule has 0 spiro atoms. The minimum atomic E-state index is 0.248. The zero-order valence-corrected chi connectivity index (χ0v) is 13.9. The number of nitrogens with two attached hydrogens (primary N) is 1. The summed E-state index contributed by atoms with van der Waals surface area (Å²) in [6.45, 7) is 7.50. The highest BCUT2D eigenvalue weighted by molar-refractivity contribution is 9.10. The lowest BCUT2D eigenvalue weighted by molar-refractivity contribution is 0.0981. The summed E-state index contributed by atoms with van der Waals surface area (Å²) in [4.78, 5) is 2.51. The van der Waals surface area contributed by atoms with Crippen LogP contribution in [0.2, 0.25) is 5.02 Å². The van der Waals surface area contributed by atoms with Crippen molar-refractivity contribution >= 4 is 27.5 Å². The smallest absolute Gasteiger partial charge is 0.0482 e. The maximum atomic E-state index is 6.13. The molecule has 2 nitrogen and oxygen atoms in total. The second kappa shape index (κ2) is 6.57. The fourth-order valence-corrected chi connectivity index (χ4v) is 3.90. The summed E-state index contributed by atoms with van der Waals surface area (Å²) in [5, 5.41) is 0.773. The molecule has 0 aromatic heterocycles. The maximum absolute atomic E-state index is 6.13. The van der Waals surface area contributed by atoms with Gasteiger partial charge in [-0.1, -0.05) is 41.4 Å². The van der Waals surface area contributed by atoms with Crippen LogP contribution in [0.25, 0.3) is 0 Å². The molecule has 4 heteroatoms. The van der Waals surface area contributed by atoms with E-state index < -0.39 is 0 Å².